The van der Waals surface area contributed by atoms with Gasteiger partial charge in [-0.3, -0.25) is 4.79 Å². The summed E-state index contributed by atoms with van der Waals surface area (Å²) >= 11 is 1.51. The molecule has 0 saturated carbocycles. The van der Waals surface area contributed by atoms with Gasteiger partial charge in [-0.1, -0.05) is 0 Å². The number of nitrogens with two attached hydrogens (primary N) is 1. The standard InChI is InChI=1S/C11H16N2O2S/c1-11(2,10(14)15-3)7-16-9-5-4-8(12)6-13-9/h4-6H,7,12H2,1-3H3. The zero-order valence-corrected chi connectivity index (χ0v) is 10.5. The van der Waals surface area contributed by atoms with E-state index in [1.807, 2.05) is 19.9 Å². The van der Waals surface area contributed by atoms with Crippen molar-refractivity contribution in [2.75, 3.05) is 18.6 Å². The highest BCUT2D eigenvalue weighted by atomic mass is 32.2. The van der Waals surface area contributed by atoms with Gasteiger partial charge < -0.3 is 10.5 Å². The number of pyridine rings is 1. The van der Waals surface area contributed by atoms with E-state index in [1.54, 1.807) is 12.3 Å². The molecule has 16 heavy (non-hydrogen) atoms. The van der Waals surface area contributed by atoms with Gasteiger partial charge in [-0.05, 0) is 26.0 Å². The number of hydrogen-bond donors (Lipinski definition) is 1. The highest BCUT2D eigenvalue weighted by Gasteiger charge is 2.28. The number of aromatic nitrogens is 1. The van der Waals surface area contributed by atoms with Crippen molar-refractivity contribution in [3.05, 3.63) is 18.3 Å². The van der Waals surface area contributed by atoms with E-state index in [-0.39, 0.29) is 5.97 Å². The molecular formula is C11H16N2O2S. The maximum Gasteiger partial charge on any atom is 0.312 e. The molecule has 0 fully saturated rings. The molecule has 1 heterocycles. The molecule has 0 radical (unpaired) electrons. The Labute approximate surface area is 99.6 Å². The van der Waals surface area contributed by atoms with Crippen molar-refractivity contribution in [3.8, 4) is 0 Å². The molecule has 4 nitrogen and oxygen atoms in total. The normalized spacial score (nSPS) is 11.2. The summed E-state index contributed by atoms with van der Waals surface area (Å²) < 4.78 is 4.73. The molecule has 0 spiro atoms. The van der Waals surface area contributed by atoms with Gasteiger partial charge in [0.25, 0.3) is 0 Å². The van der Waals surface area contributed by atoms with Crippen LogP contribution in [0.4, 0.5) is 5.69 Å². The maximum atomic E-state index is 11.4. The van der Waals surface area contributed by atoms with Crippen molar-refractivity contribution in [3.63, 3.8) is 0 Å². The van der Waals surface area contributed by atoms with E-state index in [2.05, 4.69) is 4.98 Å². The highest BCUT2D eigenvalue weighted by Crippen LogP contribution is 2.27. The second kappa shape index (κ2) is 5.21. The predicted octanol–water partition coefficient (Wildman–Crippen LogP) is 1.96. The molecule has 1 aromatic heterocycles. The fourth-order valence-electron chi connectivity index (χ4n) is 1.07. The summed E-state index contributed by atoms with van der Waals surface area (Å²) in [5, 5.41) is 0.853. The number of thioether (sulfide) groups is 1. The Balaban J connectivity index is 2.57. The molecule has 0 amide bonds. The zero-order valence-electron chi connectivity index (χ0n) is 9.69. The summed E-state index contributed by atoms with van der Waals surface area (Å²) in [4.78, 5) is 15.6. The van der Waals surface area contributed by atoms with Gasteiger partial charge in [0.1, 0.15) is 0 Å². The minimum absolute atomic E-state index is 0.213. The summed E-state index contributed by atoms with van der Waals surface area (Å²) in [5.41, 5.74) is 5.66. The van der Waals surface area contributed by atoms with Crippen molar-refractivity contribution in [2.24, 2.45) is 5.41 Å². The Morgan fingerprint density at radius 1 is 1.56 bits per heavy atom. The van der Waals surface area contributed by atoms with E-state index < -0.39 is 5.41 Å². The van der Waals surface area contributed by atoms with Gasteiger partial charge in [0.2, 0.25) is 0 Å². The number of methoxy groups -OCH3 is 1. The molecule has 0 aliphatic rings. The molecule has 0 bridgehead atoms. The van der Waals surface area contributed by atoms with Crippen molar-refractivity contribution < 1.29 is 9.53 Å². The van der Waals surface area contributed by atoms with Crippen LogP contribution in [0.25, 0.3) is 0 Å². The Morgan fingerprint density at radius 3 is 2.75 bits per heavy atom. The Kier molecular flexibility index (Phi) is 4.18. The molecule has 0 saturated heterocycles. The van der Waals surface area contributed by atoms with Crippen LogP contribution >= 0.6 is 11.8 Å². The number of anilines is 1. The summed E-state index contributed by atoms with van der Waals surface area (Å²) in [6, 6.07) is 3.63. The lowest BCUT2D eigenvalue weighted by Crippen LogP contribution is -2.28. The van der Waals surface area contributed by atoms with Gasteiger partial charge in [0.05, 0.1) is 29.4 Å². The summed E-state index contributed by atoms with van der Waals surface area (Å²) in [5.74, 6) is 0.409. The number of nitrogens with zero attached hydrogens (tertiary/aromatic N) is 1. The largest absolute Gasteiger partial charge is 0.469 e. The van der Waals surface area contributed by atoms with E-state index in [4.69, 9.17) is 10.5 Å². The minimum atomic E-state index is -0.511. The monoisotopic (exact) mass is 240 g/mol. The molecule has 88 valence electrons. The molecule has 0 unspecified atom stereocenters. The van der Waals surface area contributed by atoms with Crippen LogP contribution in [0, 0.1) is 5.41 Å². The van der Waals surface area contributed by atoms with Crippen LogP contribution in [0.15, 0.2) is 23.4 Å². The number of hydrogen-bond acceptors (Lipinski definition) is 5. The molecule has 0 aliphatic carbocycles. The Bertz CT molecular complexity index is 363. The lowest BCUT2D eigenvalue weighted by Gasteiger charge is -2.20. The van der Waals surface area contributed by atoms with Crippen LogP contribution in [-0.4, -0.2) is 23.8 Å². The van der Waals surface area contributed by atoms with Gasteiger partial charge in [0, 0.05) is 5.75 Å². The van der Waals surface area contributed by atoms with Crippen LogP contribution in [0.1, 0.15) is 13.8 Å². The average molecular weight is 240 g/mol. The van der Waals surface area contributed by atoms with Crippen LogP contribution in [0.2, 0.25) is 0 Å². The molecule has 1 rings (SSSR count). The van der Waals surface area contributed by atoms with Crippen molar-refractivity contribution in [2.45, 2.75) is 18.9 Å². The fraction of sp³-hybridized carbons (Fsp3) is 0.455. The second-order valence-corrected chi connectivity index (χ2v) is 5.09. The maximum absolute atomic E-state index is 11.4. The first-order chi connectivity index (χ1) is 7.45. The van der Waals surface area contributed by atoms with Crippen LogP contribution in [0.5, 0.6) is 0 Å². The smallest absolute Gasteiger partial charge is 0.312 e. The van der Waals surface area contributed by atoms with Gasteiger partial charge in [-0.15, -0.1) is 11.8 Å². The molecule has 0 aliphatic heterocycles. The molecule has 0 atom stereocenters. The Morgan fingerprint density at radius 2 is 2.25 bits per heavy atom. The third-order valence-electron chi connectivity index (χ3n) is 2.08. The number of carbonyl (C=O) groups excluding carboxylic acids is 1. The van der Waals surface area contributed by atoms with Gasteiger partial charge in [0.15, 0.2) is 0 Å². The van der Waals surface area contributed by atoms with E-state index in [0.29, 0.717) is 11.4 Å². The van der Waals surface area contributed by atoms with E-state index in [9.17, 15) is 4.79 Å². The van der Waals surface area contributed by atoms with Crippen molar-refractivity contribution >= 4 is 23.4 Å². The first kappa shape index (κ1) is 12.8. The van der Waals surface area contributed by atoms with Gasteiger partial charge in [-0.25, -0.2) is 4.98 Å². The van der Waals surface area contributed by atoms with Crippen LogP contribution in [0.3, 0.4) is 0 Å². The third-order valence-corrected chi connectivity index (χ3v) is 3.48. The molecule has 2 N–H and O–H groups in total. The first-order valence-electron chi connectivity index (χ1n) is 4.88. The second-order valence-electron chi connectivity index (χ2n) is 4.09. The van der Waals surface area contributed by atoms with Crippen molar-refractivity contribution in [1.82, 2.24) is 4.98 Å². The molecule has 5 heteroatoms. The number of carbonyl (C=O) groups is 1. The van der Waals surface area contributed by atoms with Crippen LogP contribution in [-0.2, 0) is 9.53 Å². The summed E-state index contributed by atoms with van der Waals surface area (Å²) in [6.45, 7) is 3.70. The number of nitrogen functional groups attached to an aromatic ring is 1. The lowest BCUT2D eigenvalue weighted by atomic mass is 9.97. The topological polar surface area (TPSA) is 65.2 Å². The first-order valence-corrected chi connectivity index (χ1v) is 5.87. The predicted molar refractivity (Wildman–Crippen MR) is 65.2 cm³/mol. The Hall–Kier alpha value is -1.23. The van der Waals surface area contributed by atoms with E-state index >= 15 is 0 Å². The summed E-state index contributed by atoms with van der Waals surface area (Å²) in [6.07, 6.45) is 1.60. The number of esters is 1. The SMILES string of the molecule is COC(=O)C(C)(C)CSc1ccc(N)cn1. The molecular weight excluding hydrogens is 224 g/mol. The zero-order chi connectivity index (χ0) is 12.2. The number of rotatable bonds is 4. The van der Waals surface area contributed by atoms with Gasteiger partial charge >= 0.3 is 5.97 Å². The van der Waals surface area contributed by atoms with Gasteiger partial charge in [-0.2, -0.15) is 0 Å². The quantitative estimate of drug-likeness (QED) is 0.643. The lowest BCUT2D eigenvalue weighted by molar-refractivity contribution is -0.149. The van der Waals surface area contributed by atoms with Crippen molar-refractivity contribution in [1.29, 1.82) is 0 Å². The third kappa shape index (κ3) is 3.41. The van der Waals surface area contributed by atoms with Crippen LogP contribution < -0.4 is 5.73 Å². The average Bonchev–Trinajstić information content (AvgIpc) is 2.27. The van der Waals surface area contributed by atoms with E-state index in [1.165, 1.54) is 18.9 Å². The highest BCUT2D eigenvalue weighted by molar-refractivity contribution is 7.99. The van der Waals surface area contributed by atoms with E-state index in [0.717, 1.165) is 5.03 Å². The fourth-order valence-corrected chi connectivity index (χ4v) is 1.98. The number of ether oxygens (including phenoxy) is 1. The summed E-state index contributed by atoms with van der Waals surface area (Å²) in [7, 11) is 1.40. The molecule has 0 aromatic carbocycles. The molecule has 1 aromatic rings. The minimum Gasteiger partial charge on any atom is -0.469 e.